The van der Waals surface area contributed by atoms with Gasteiger partial charge in [-0.2, -0.15) is 0 Å². The summed E-state index contributed by atoms with van der Waals surface area (Å²) < 4.78 is 17.4. The largest absolute Gasteiger partial charge is 0.488 e. The Hall–Kier alpha value is -3.83. The normalized spacial score (nSPS) is 18.8. The van der Waals surface area contributed by atoms with Crippen molar-refractivity contribution < 1.29 is 19.0 Å². The van der Waals surface area contributed by atoms with Gasteiger partial charge in [0.1, 0.15) is 18.1 Å². The fourth-order valence-electron chi connectivity index (χ4n) is 4.93. The summed E-state index contributed by atoms with van der Waals surface area (Å²) in [4.78, 5) is 12.1. The maximum Gasteiger partial charge on any atom is 0.310 e. The van der Waals surface area contributed by atoms with Gasteiger partial charge in [-0.05, 0) is 53.6 Å². The average Bonchev–Trinajstić information content (AvgIpc) is 3.28. The van der Waals surface area contributed by atoms with Crippen molar-refractivity contribution >= 4 is 22.3 Å². The Morgan fingerprint density at radius 3 is 2.80 bits per heavy atom. The molecule has 3 aromatic rings. The summed E-state index contributed by atoms with van der Waals surface area (Å²) >= 11 is 0. The molecule has 1 heterocycles. The van der Waals surface area contributed by atoms with Gasteiger partial charge in [0.05, 0.1) is 25.2 Å². The molecule has 0 amide bonds. The van der Waals surface area contributed by atoms with Gasteiger partial charge in [-0.15, -0.1) is 0 Å². The molecule has 1 atom stereocenters. The Morgan fingerprint density at radius 2 is 1.97 bits per heavy atom. The molecule has 0 bridgehead atoms. The van der Waals surface area contributed by atoms with E-state index in [1.807, 2.05) is 48.5 Å². The van der Waals surface area contributed by atoms with Gasteiger partial charge in [0, 0.05) is 23.1 Å². The number of carbonyl (C=O) groups excluding carboxylic acids is 1. The summed E-state index contributed by atoms with van der Waals surface area (Å²) in [6.45, 7) is 3.07. The van der Waals surface area contributed by atoms with E-state index in [0.29, 0.717) is 13.2 Å². The number of fused-ring (bicyclic) bond motifs is 2. The highest BCUT2D eigenvalue weighted by Crippen LogP contribution is 2.48. The lowest BCUT2D eigenvalue weighted by atomic mass is 9.75. The van der Waals surface area contributed by atoms with Crippen molar-refractivity contribution in [1.29, 1.82) is 0 Å². The second-order valence-electron chi connectivity index (χ2n) is 9.28. The third-order valence-electron chi connectivity index (χ3n) is 6.73. The maximum absolute atomic E-state index is 12.1. The van der Waals surface area contributed by atoms with Crippen molar-refractivity contribution in [1.82, 2.24) is 0 Å². The molecule has 1 aliphatic carbocycles. The van der Waals surface area contributed by atoms with Crippen molar-refractivity contribution in [3.63, 3.8) is 0 Å². The number of ether oxygens (including phenoxy) is 3. The number of allylic oxidation sites excluding steroid dienone is 3. The standard InChI is InChI=1S/C30H29NO4/c1-30-12-13-34-29(30)26(23-8-5-6-20(14-23)18-31)15-21(17-30)19-35-28-24(16-27(32)33-2)11-10-22-7-3-4-9-25(22)28/h3-15H,16-19,31H2,1-2H3. The van der Waals surface area contributed by atoms with Crippen LogP contribution in [-0.4, -0.2) is 19.7 Å². The number of benzene rings is 3. The van der Waals surface area contributed by atoms with E-state index in [1.165, 1.54) is 7.11 Å². The van der Waals surface area contributed by atoms with Gasteiger partial charge >= 0.3 is 5.97 Å². The predicted molar refractivity (Wildman–Crippen MR) is 137 cm³/mol. The molecule has 0 spiro atoms. The second kappa shape index (κ2) is 9.43. The van der Waals surface area contributed by atoms with E-state index < -0.39 is 0 Å². The average molecular weight is 468 g/mol. The fraction of sp³-hybridized carbons (Fsp3) is 0.233. The third kappa shape index (κ3) is 4.47. The number of esters is 1. The summed E-state index contributed by atoms with van der Waals surface area (Å²) in [5.41, 5.74) is 10.8. The van der Waals surface area contributed by atoms with E-state index in [4.69, 9.17) is 19.9 Å². The fourth-order valence-corrected chi connectivity index (χ4v) is 4.93. The lowest BCUT2D eigenvalue weighted by molar-refractivity contribution is -0.139. The SMILES string of the molecule is COC(=O)Cc1ccc2ccccc2c1OCC1=CC(c2cccc(CN)c2)=C2OC=CC2(C)C1. The highest BCUT2D eigenvalue weighted by molar-refractivity contribution is 5.91. The first-order chi connectivity index (χ1) is 17.0. The van der Waals surface area contributed by atoms with Gasteiger partial charge in [0.15, 0.2) is 0 Å². The van der Waals surface area contributed by atoms with Crippen molar-refractivity contribution in [3.05, 3.63) is 107 Å². The molecular weight excluding hydrogens is 438 g/mol. The number of nitrogens with two attached hydrogens (primary N) is 1. The first kappa shape index (κ1) is 22.9. The van der Waals surface area contributed by atoms with E-state index >= 15 is 0 Å². The van der Waals surface area contributed by atoms with Crippen molar-refractivity contribution in [2.24, 2.45) is 11.1 Å². The van der Waals surface area contributed by atoms with Crippen LogP contribution in [-0.2, 0) is 27.2 Å². The molecule has 0 saturated heterocycles. The first-order valence-corrected chi connectivity index (χ1v) is 11.8. The number of hydrogen-bond donors (Lipinski definition) is 1. The van der Waals surface area contributed by atoms with Crippen LogP contribution in [0.3, 0.4) is 0 Å². The summed E-state index contributed by atoms with van der Waals surface area (Å²) in [7, 11) is 1.40. The monoisotopic (exact) mass is 467 g/mol. The molecule has 178 valence electrons. The van der Waals surface area contributed by atoms with Gasteiger partial charge < -0.3 is 19.9 Å². The Kier molecular flexibility index (Phi) is 6.18. The molecule has 0 fully saturated rings. The smallest absolute Gasteiger partial charge is 0.310 e. The van der Waals surface area contributed by atoms with E-state index in [-0.39, 0.29) is 17.8 Å². The lowest BCUT2D eigenvalue weighted by Gasteiger charge is -2.31. The zero-order valence-corrected chi connectivity index (χ0v) is 20.0. The van der Waals surface area contributed by atoms with Crippen molar-refractivity contribution in [2.45, 2.75) is 26.3 Å². The molecule has 2 aliphatic rings. The lowest BCUT2D eigenvalue weighted by Crippen LogP contribution is -2.22. The van der Waals surface area contributed by atoms with Crippen LogP contribution < -0.4 is 10.5 Å². The number of rotatable bonds is 7. The summed E-state index contributed by atoms with van der Waals surface area (Å²) in [6.07, 6.45) is 7.01. The summed E-state index contributed by atoms with van der Waals surface area (Å²) in [5, 5.41) is 2.04. The molecule has 0 aromatic heterocycles. The molecule has 5 rings (SSSR count). The van der Waals surface area contributed by atoms with Crippen molar-refractivity contribution in [2.75, 3.05) is 13.7 Å². The van der Waals surface area contributed by atoms with Gasteiger partial charge in [0.2, 0.25) is 0 Å². The Morgan fingerprint density at radius 1 is 1.11 bits per heavy atom. The zero-order chi connectivity index (χ0) is 24.4. The first-order valence-electron chi connectivity index (χ1n) is 11.8. The molecule has 5 heteroatoms. The van der Waals surface area contributed by atoms with Crippen LogP contribution in [0, 0.1) is 5.41 Å². The number of hydrogen-bond acceptors (Lipinski definition) is 5. The molecule has 2 N–H and O–H groups in total. The molecule has 1 aliphatic heterocycles. The van der Waals surface area contributed by atoms with Gasteiger partial charge in [0.25, 0.3) is 0 Å². The van der Waals surface area contributed by atoms with Crippen LogP contribution in [0.5, 0.6) is 5.75 Å². The summed E-state index contributed by atoms with van der Waals surface area (Å²) in [5.74, 6) is 1.38. The molecule has 5 nitrogen and oxygen atoms in total. The molecule has 0 saturated carbocycles. The number of methoxy groups -OCH3 is 1. The number of carbonyl (C=O) groups is 1. The maximum atomic E-state index is 12.1. The molecule has 35 heavy (non-hydrogen) atoms. The Labute approximate surface area is 205 Å². The minimum absolute atomic E-state index is 0.158. The Bertz CT molecular complexity index is 1380. The summed E-state index contributed by atoms with van der Waals surface area (Å²) in [6, 6.07) is 20.3. The van der Waals surface area contributed by atoms with Crippen LogP contribution in [0.15, 0.2) is 90.4 Å². The van der Waals surface area contributed by atoms with E-state index in [0.717, 1.165) is 56.5 Å². The van der Waals surface area contributed by atoms with E-state index in [2.05, 4.69) is 31.2 Å². The third-order valence-corrected chi connectivity index (χ3v) is 6.73. The second-order valence-corrected chi connectivity index (χ2v) is 9.28. The minimum Gasteiger partial charge on any atom is -0.488 e. The Balaban J connectivity index is 1.51. The highest BCUT2D eigenvalue weighted by Gasteiger charge is 2.38. The van der Waals surface area contributed by atoms with Crippen LogP contribution in [0.4, 0.5) is 0 Å². The molecule has 0 radical (unpaired) electrons. The predicted octanol–water partition coefficient (Wildman–Crippen LogP) is 5.68. The highest BCUT2D eigenvalue weighted by atomic mass is 16.5. The quantitative estimate of drug-likeness (QED) is 0.453. The van der Waals surface area contributed by atoms with Gasteiger partial charge in [-0.1, -0.05) is 54.6 Å². The zero-order valence-electron chi connectivity index (χ0n) is 20.0. The van der Waals surface area contributed by atoms with Crippen LogP contribution in [0.25, 0.3) is 16.3 Å². The van der Waals surface area contributed by atoms with Crippen molar-refractivity contribution in [3.8, 4) is 5.75 Å². The minimum atomic E-state index is -0.294. The molecular formula is C30H29NO4. The molecule has 1 unspecified atom stereocenters. The van der Waals surface area contributed by atoms with E-state index in [1.54, 1.807) is 6.26 Å². The molecule has 3 aromatic carbocycles. The topological polar surface area (TPSA) is 70.8 Å². The van der Waals surface area contributed by atoms with Crippen LogP contribution >= 0.6 is 0 Å². The van der Waals surface area contributed by atoms with E-state index in [9.17, 15) is 4.79 Å². The van der Waals surface area contributed by atoms with Crippen LogP contribution in [0.2, 0.25) is 0 Å². The van der Waals surface area contributed by atoms with Gasteiger partial charge in [-0.25, -0.2) is 0 Å². The van der Waals surface area contributed by atoms with Crippen LogP contribution in [0.1, 0.15) is 30.0 Å². The van der Waals surface area contributed by atoms with Gasteiger partial charge in [-0.3, -0.25) is 4.79 Å².